The van der Waals surface area contributed by atoms with Gasteiger partial charge in [0.25, 0.3) is 0 Å². The molecule has 1 aliphatic heterocycles. The first kappa shape index (κ1) is 17.8. The van der Waals surface area contributed by atoms with Crippen LogP contribution in [0.3, 0.4) is 0 Å². The topological polar surface area (TPSA) is 76.2 Å². The van der Waals surface area contributed by atoms with Crippen LogP contribution in [0.4, 0.5) is 0 Å². The minimum atomic E-state index is -0.0942. The molecule has 7 heteroatoms. The summed E-state index contributed by atoms with van der Waals surface area (Å²) >= 11 is 0. The maximum Gasteiger partial charge on any atom is 0.180 e. The second-order valence-electron chi connectivity index (χ2n) is 6.53. The molecule has 0 radical (unpaired) electrons. The Bertz CT molecular complexity index is 715. The number of nitrogens with one attached hydrogen (secondary N) is 1. The first-order chi connectivity index (χ1) is 12.1. The van der Waals surface area contributed by atoms with Gasteiger partial charge in [-0.25, -0.2) is 4.98 Å². The van der Waals surface area contributed by atoms with Crippen molar-refractivity contribution in [2.24, 2.45) is 0 Å². The van der Waals surface area contributed by atoms with E-state index in [0.29, 0.717) is 6.61 Å². The number of ether oxygens (including phenoxy) is 2. The van der Waals surface area contributed by atoms with Crippen LogP contribution in [0.15, 0.2) is 6.20 Å². The minimum absolute atomic E-state index is 0.0942. The lowest BCUT2D eigenvalue weighted by atomic mass is 10.1. The highest BCUT2D eigenvalue weighted by Gasteiger charge is 2.26. The summed E-state index contributed by atoms with van der Waals surface area (Å²) in [6.45, 7) is 9.30. The van der Waals surface area contributed by atoms with E-state index >= 15 is 0 Å². The average Bonchev–Trinajstić information content (AvgIpc) is 3.07. The van der Waals surface area contributed by atoms with Gasteiger partial charge in [-0.1, -0.05) is 6.92 Å². The first-order valence-corrected chi connectivity index (χ1v) is 8.86. The molecule has 0 aliphatic carbocycles. The highest BCUT2D eigenvalue weighted by atomic mass is 16.5. The summed E-state index contributed by atoms with van der Waals surface area (Å²) in [5, 5.41) is 7.34. The van der Waals surface area contributed by atoms with Gasteiger partial charge in [-0.2, -0.15) is 5.10 Å². The smallest absolute Gasteiger partial charge is 0.180 e. The lowest BCUT2D eigenvalue weighted by Gasteiger charge is -2.31. The number of aromatic amines is 1. The maximum absolute atomic E-state index is 5.89. The standard InChI is InChI=1S/C18H27N5O2/c1-5-6-16-20-18(22-21-16)15-11-23(7-8-25-15)10-14-13(3)17(24-4)12(2)9-19-14/h9,15H,5-8,10-11H2,1-4H3,(H,20,21,22). The van der Waals surface area contributed by atoms with Gasteiger partial charge >= 0.3 is 0 Å². The largest absolute Gasteiger partial charge is 0.496 e. The van der Waals surface area contributed by atoms with E-state index in [4.69, 9.17) is 9.47 Å². The van der Waals surface area contributed by atoms with Gasteiger partial charge in [0.15, 0.2) is 5.82 Å². The Labute approximate surface area is 148 Å². The summed E-state index contributed by atoms with van der Waals surface area (Å²) in [6, 6.07) is 0. The van der Waals surface area contributed by atoms with Gasteiger partial charge in [0, 0.05) is 43.4 Å². The second kappa shape index (κ2) is 7.93. The number of hydrogen-bond donors (Lipinski definition) is 1. The van der Waals surface area contributed by atoms with Crippen molar-refractivity contribution >= 4 is 0 Å². The van der Waals surface area contributed by atoms with Gasteiger partial charge in [-0.3, -0.25) is 15.0 Å². The summed E-state index contributed by atoms with van der Waals surface area (Å²) in [5.41, 5.74) is 3.21. The Morgan fingerprint density at radius 2 is 2.24 bits per heavy atom. The molecule has 3 rings (SSSR count). The Balaban J connectivity index is 1.69. The van der Waals surface area contributed by atoms with E-state index in [1.165, 1.54) is 0 Å². The second-order valence-corrected chi connectivity index (χ2v) is 6.53. The molecule has 2 aromatic rings. The highest BCUT2D eigenvalue weighted by Crippen LogP contribution is 2.26. The van der Waals surface area contributed by atoms with E-state index in [9.17, 15) is 0 Å². The zero-order valence-corrected chi connectivity index (χ0v) is 15.5. The van der Waals surface area contributed by atoms with Crippen LogP contribution in [0.5, 0.6) is 5.75 Å². The molecular weight excluding hydrogens is 318 g/mol. The van der Waals surface area contributed by atoms with Crippen LogP contribution in [0.25, 0.3) is 0 Å². The molecule has 7 nitrogen and oxygen atoms in total. The molecule has 1 fully saturated rings. The molecule has 3 heterocycles. The number of hydrogen-bond acceptors (Lipinski definition) is 6. The van der Waals surface area contributed by atoms with Crippen LogP contribution in [0.1, 0.15) is 47.9 Å². The molecule has 1 atom stereocenters. The Hall–Kier alpha value is -1.99. The lowest BCUT2D eigenvalue weighted by molar-refractivity contribution is -0.0375. The fourth-order valence-electron chi connectivity index (χ4n) is 3.25. The maximum atomic E-state index is 5.89. The molecule has 0 spiro atoms. The number of pyridine rings is 1. The summed E-state index contributed by atoms with van der Waals surface area (Å²) < 4.78 is 11.4. The van der Waals surface area contributed by atoms with Crippen LogP contribution < -0.4 is 4.74 Å². The van der Waals surface area contributed by atoms with E-state index in [1.807, 2.05) is 13.1 Å². The highest BCUT2D eigenvalue weighted by molar-refractivity contribution is 5.41. The summed E-state index contributed by atoms with van der Waals surface area (Å²) in [7, 11) is 1.71. The Kier molecular flexibility index (Phi) is 5.65. The fraction of sp³-hybridized carbons (Fsp3) is 0.611. The molecule has 25 heavy (non-hydrogen) atoms. The van der Waals surface area contributed by atoms with Crippen LogP contribution in [-0.2, 0) is 17.7 Å². The SMILES string of the molecule is CCCc1nc(C2CN(Cc3ncc(C)c(OC)c3C)CCO2)n[nH]1. The third-order valence-electron chi connectivity index (χ3n) is 4.60. The molecule has 2 aromatic heterocycles. The Morgan fingerprint density at radius 3 is 3.00 bits per heavy atom. The quantitative estimate of drug-likeness (QED) is 0.866. The summed E-state index contributed by atoms with van der Waals surface area (Å²) in [4.78, 5) is 11.5. The molecule has 1 saturated heterocycles. The first-order valence-electron chi connectivity index (χ1n) is 8.86. The summed E-state index contributed by atoms with van der Waals surface area (Å²) in [6.07, 6.45) is 3.75. The molecule has 0 saturated carbocycles. The van der Waals surface area contributed by atoms with Crippen molar-refractivity contribution in [3.05, 3.63) is 34.7 Å². The van der Waals surface area contributed by atoms with Crippen LogP contribution in [0, 0.1) is 13.8 Å². The molecule has 1 aliphatic rings. The normalized spacial score (nSPS) is 18.5. The molecule has 0 amide bonds. The van der Waals surface area contributed by atoms with Crippen molar-refractivity contribution in [3.8, 4) is 5.75 Å². The van der Waals surface area contributed by atoms with Crippen molar-refractivity contribution in [3.63, 3.8) is 0 Å². The van der Waals surface area contributed by atoms with Crippen LogP contribution in [0.2, 0.25) is 0 Å². The molecule has 1 unspecified atom stereocenters. The van der Waals surface area contributed by atoms with Gasteiger partial charge in [0.1, 0.15) is 17.7 Å². The van der Waals surface area contributed by atoms with Gasteiger partial charge < -0.3 is 9.47 Å². The predicted molar refractivity (Wildman–Crippen MR) is 94.6 cm³/mol. The van der Waals surface area contributed by atoms with Crippen molar-refractivity contribution in [2.75, 3.05) is 26.8 Å². The van der Waals surface area contributed by atoms with Crippen molar-refractivity contribution < 1.29 is 9.47 Å². The van der Waals surface area contributed by atoms with Crippen molar-refractivity contribution in [2.45, 2.75) is 46.3 Å². The van der Waals surface area contributed by atoms with Gasteiger partial charge in [-0.05, 0) is 20.3 Å². The van der Waals surface area contributed by atoms with E-state index in [0.717, 1.165) is 66.7 Å². The van der Waals surface area contributed by atoms with E-state index in [1.54, 1.807) is 7.11 Å². The van der Waals surface area contributed by atoms with E-state index in [-0.39, 0.29) is 6.10 Å². The number of H-pyrrole nitrogens is 1. The third kappa shape index (κ3) is 3.99. The number of methoxy groups -OCH3 is 1. The van der Waals surface area contributed by atoms with Gasteiger partial charge in [-0.15, -0.1) is 0 Å². The van der Waals surface area contributed by atoms with Gasteiger partial charge in [0.2, 0.25) is 0 Å². The molecule has 136 valence electrons. The number of morpholine rings is 1. The van der Waals surface area contributed by atoms with Crippen molar-refractivity contribution in [1.82, 2.24) is 25.1 Å². The predicted octanol–water partition coefficient (Wildman–Crippen LogP) is 2.35. The summed E-state index contributed by atoms with van der Waals surface area (Å²) in [5.74, 6) is 2.60. The van der Waals surface area contributed by atoms with Gasteiger partial charge in [0.05, 0.1) is 19.4 Å². The van der Waals surface area contributed by atoms with E-state index in [2.05, 4.69) is 38.9 Å². The van der Waals surface area contributed by atoms with Crippen molar-refractivity contribution in [1.29, 1.82) is 0 Å². The number of aryl methyl sites for hydroxylation is 2. The molecule has 1 N–H and O–H groups in total. The average molecular weight is 345 g/mol. The lowest BCUT2D eigenvalue weighted by Crippen LogP contribution is -2.38. The number of nitrogens with zero attached hydrogens (tertiary/aromatic N) is 4. The molecular formula is C18H27N5O2. The Morgan fingerprint density at radius 1 is 1.40 bits per heavy atom. The zero-order chi connectivity index (χ0) is 17.8. The molecule has 0 bridgehead atoms. The minimum Gasteiger partial charge on any atom is -0.496 e. The number of aromatic nitrogens is 4. The third-order valence-corrected chi connectivity index (χ3v) is 4.60. The number of rotatable bonds is 6. The van der Waals surface area contributed by atoms with Crippen LogP contribution >= 0.6 is 0 Å². The van der Waals surface area contributed by atoms with E-state index < -0.39 is 0 Å². The van der Waals surface area contributed by atoms with Crippen LogP contribution in [-0.4, -0.2) is 51.9 Å². The molecule has 0 aromatic carbocycles. The monoisotopic (exact) mass is 345 g/mol. The fourth-order valence-corrected chi connectivity index (χ4v) is 3.25. The zero-order valence-electron chi connectivity index (χ0n) is 15.5.